The Labute approximate surface area is 135 Å². The Morgan fingerprint density at radius 2 is 2.17 bits per heavy atom. The highest BCUT2D eigenvalue weighted by atomic mass is 19.4. The molecule has 1 aliphatic rings. The molecule has 3 heterocycles. The summed E-state index contributed by atoms with van der Waals surface area (Å²) in [6.45, 7) is 3.88. The molecule has 2 aromatic rings. The van der Waals surface area contributed by atoms with E-state index in [0.29, 0.717) is 19.6 Å². The lowest BCUT2D eigenvalue weighted by molar-refractivity contribution is -0.137. The molecule has 128 valence electrons. The van der Waals surface area contributed by atoms with Crippen LogP contribution in [0, 0.1) is 0 Å². The molecule has 1 atom stereocenters. The number of alkyl halides is 3. The minimum absolute atomic E-state index is 0.0283. The Bertz CT molecular complexity index is 727. The molecule has 1 N–H and O–H groups in total. The number of amides is 1. The van der Waals surface area contributed by atoms with E-state index in [9.17, 15) is 18.0 Å². The molecule has 0 aliphatic carbocycles. The number of aromatic nitrogens is 4. The maximum absolute atomic E-state index is 12.5. The molecule has 3 rings (SSSR count). The number of nitrogens with zero attached hydrogens (tertiary/aromatic N) is 5. The Kier molecular flexibility index (Phi) is 4.22. The summed E-state index contributed by atoms with van der Waals surface area (Å²) in [6.07, 6.45) is -2.36. The lowest BCUT2D eigenvalue weighted by atomic mass is 10.2. The van der Waals surface area contributed by atoms with Gasteiger partial charge in [0.05, 0.1) is 11.8 Å². The normalized spacial score (nSPS) is 18.7. The van der Waals surface area contributed by atoms with Crippen LogP contribution in [0.3, 0.4) is 0 Å². The molecule has 0 unspecified atom stereocenters. The van der Waals surface area contributed by atoms with Gasteiger partial charge in [0.25, 0.3) is 5.91 Å². The van der Waals surface area contributed by atoms with Crippen molar-refractivity contribution in [2.24, 2.45) is 0 Å². The number of hydrogen-bond donors (Lipinski definition) is 1. The Morgan fingerprint density at radius 1 is 1.38 bits per heavy atom. The first-order valence-electron chi connectivity index (χ1n) is 7.34. The number of halogens is 3. The lowest BCUT2D eigenvalue weighted by Crippen LogP contribution is -2.52. The lowest BCUT2D eigenvalue weighted by Gasteiger charge is -2.33. The van der Waals surface area contributed by atoms with Gasteiger partial charge >= 0.3 is 6.18 Å². The first kappa shape index (κ1) is 16.4. The molecule has 1 fully saturated rings. The van der Waals surface area contributed by atoms with Crippen LogP contribution in [0.2, 0.25) is 0 Å². The fourth-order valence-corrected chi connectivity index (χ4v) is 2.45. The van der Waals surface area contributed by atoms with Crippen molar-refractivity contribution in [3.05, 3.63) is 35.8 Å². The van der Waals surface area contributed by atoms with Crippen molar-refractivity contribution in [2.45, 2.75) is 19.1 Å². The van der Waals surface area contributed by atoms with Gasteiger partial charge in [0.15, 0.2) is 11.5 Å². The molecule has 1 aliphatic heterocycles. The van der Waals surface area contributed by atoms with Gasteiger partial charge in [0.1, 0.15) is 0 Å². The van der Waals surface area contributed by atoms with E-state index in [1.54, 1.807) is 4.90 Å². The van der Waals surface area contributed by atoms with E-state index < -0.39 is 11.7 Å². The van der Waals surface area contributed by atoms with E-state index in [2.05, 4.69) is 20.6 Å². The number of rotatable bonds is 2. The Morgan fingerprint density at radius 3 is 2.79 bits per heavy atom. The zero-order valence-electron chi connectivity index (χ0n) is 12.8. The Balaban J connectivity index is 1.79. The molecule has 0 radical (unpaired) electrons. The summed E-state index contributed by atoms with van der Waals surface area (Å²) >= 11 is 0. The number of pyridine rings is 1. The first-order chi connectivity index (χ1) is 11.4. The summed E-state index contributed by atoms with van der Waals surface area (Å²) in [7, 11) is 0. The molecule has 24 heavy (non-hydrogen) atoms. The molecule has 1 saturated heterocycles. The molecule has 10 heteroatoms. The number of hydrogen-bond acceptors (Lipinski definition) is 5. The molecule has 0 spiro atoms. The van der Waals surface area contributed by atoms with E-state index in [-0.39, 0.29) is 23.5 Å². The van der Waals surface area contributed by atoms with Crippen LogP contribution in [0.1, 0.15) is 23.0 Å². The average Bonchev–Trinajstić information content (AvgIpc) is 3.04. The SMILES string of the molecule is C[C@@H]1CNCCN1C(=O)c1cn(-c2ccc(C(F)(F)F)cn2)nn1. The summed E-state index contributed by atoms with van der Waals surface area (Å²) in [6, 6.07) is 2.11. The highest BCUT2D eigenvalue weighted by Gasteiger charge is 2.31. The van der Waals surface area contributed by atoms with Crippen molar-refractivity contribution < 1.29 is 18.0 Å². The van der Waals surface area contributed by atoms with E-state index in [1.807, 2.05) is 6.92 Å². The maximum atomic E-state index is 12.5. The topological polar surface area (TPSA) is 75.9 Å². The highest BCUT2D eigenvalue weighted by molar-refractivity contribution is 5.92. The summed E-state index contributed by atoms with van der Waals surface area (Å²) in [4.78, 5) is 17.9. The maximum Gasteiger partial charge on any atom is 0.417 e. The van der Waals surface area contributed by atoms with Crippen molar-refractivity contribution in [2.75, 3.05) is 19.6 Å². The quantitative estimate of drug-likeness (QED) is 0.886. The molecule has 7 nitrogen and oxygen atoms in total. The van der Waals surface area contributed by atoms with Crippen LogP contribution in [-0.4, -0.2) is 56.5 Å². The predicted molar refractivity (Wildman–Crippen MR) is 77.5 cm³/mol. The van der Waals surface area contributed by atoms with E-state index in [1.165, 1.54) is 16.9 Å². The number of piperazine rings is 1. The van der Waals surface area contributed by atoms with Gasteiger partial charge in [0, 0.05) is 31.9 Å². The third-order valence-corrected chi connectivity index (χ3v) is 3.78. The summed E-state index contributed by atoms with van der Waals surface area (Å²) < 4.78 is 38.8. The fourth-order valence-electron chi connectivity index (χ4n) is 2.45. The van der Waals surface area contributed by atoms with Gasteiger partial charge in [-0.25, -0.2) is 9.67 Å². The number of carbonyl (C=O) groups is 1. The zero-order valence-corrected chi connectivity index (χ0v) is 12.8. The van der Waals surface area contributed by atoms with Gasteiger partial charge in [-0.2, -0.15) is 13.2 Å². The van der Waals surface area contributed by atoms with Crippen LogP contribution in [0.25, 0.3) is 5.82 Å². The van der Waals surface area contributed by atoms with Crippen molar-refractivity contribution in [3.63, 3.8) is 0 Å². The molecular formula is C14H15F3N6O. The van der Waals surface area contributed by atoms with Gasteiger partial charge < -0.3 is 10.2 Å². The van der Waals surface area contributed by atoms with Crippen LogP contribution in [0.5, 0.6) is 0 Å². The second-order valence-corrected chi connectivity index (χ2v) is 5.50. The largest absolute Gasteiger partial charge is 0.417 e. The molecular weight excluding hydrogens is 325 g/mol. The predicted octanol–water partition coefficient (Wildman–Crippen LogP) is 1.11. The molecule has 0 bridgehead atoms. The van der Waals surface area contributed by atoms with Gasteiger partial charge in [-0.15, -0.1) is 5.10 Å². The second kappa shape index (κ2) is 6.19. The fraction of sp³-hybridized carbons (Fsp3) is 0.429. The average molecular weight is 340 g/mol. The van der Waals surface area contributed by atoms with E-state index in [4.69, 9.17) is 0 Å². The van der Waals surface area contributed by atoms with Gasteiger partial charge in [0.2, 0.25) is 0 Å². The Hall–Kier alpha value is -2.49. The van der Waals surface area contributed by atoms with Crippen molar-refractivity contribution in [1.82, 2.24) is 30.2 Å². The second-order valence-electron chi connectivity index (χ2n) is 5.50. The highest BCUT2D eigenvalue weighted by Crippen LogP contribution is 2.28. The number of nitrogens with one attached hydrogen (secondary N) is 1. The standard InChI is InChI=1S/C14H15F3N6O/c1-9-6-18-4-5-22(9)13(24)11-8-23(21-20-11)12-3-2-10(7-19-12)14(15,16)17/h2-3,7-9,18H,4-6H2,1H3/t9-/m1/s1. The van der Waals surface area contributed by atoms with Crippen LogP contribution in [0.4, 0.5) is 13.2 Å². The van der Waals surface area contributed by atoms with Crippen LogP contribution < -0.4 is 5.32 Å². The van der Waals surface area contributed by atoms with Crippen molar-refractivity contribution in [1.29, 1.82) is 0 Å². The molecule has 0 aromatic carbocycles. The first-order valence-corrected chi connectivity index (χ1v) is 7.34. The van der Waals surface area contributed by atoms with Gasteiger partial charge in [-0.3, -0.25) is 4.79 Å². The monoisotopic (exact) mass is 340 g/mol. The summed E-state index contributed by atoms with van der Waals surface area (Å²) in [5, 5.41) is 10.8. The van der Waals surface area contributed by atoms with Crippen molar-refractivity contribution in [3.8, 4) is 5.82 Å². The van der Waals surface area contributed by atoms with Crippen LogP contribution >= 0.6 is 0 Å². The smallest absolute Gasteiger partial charge is 0.332 e. The van der Waals surface area contributed by atoms with E-state index in [0.717, 1.165) is 12.3 Å². The molecule has 0 saturated carbocycles. The number of carbonyl (C=O) groups excluding carboxylic acids is 1. The molecule has 2 aromatic heterocycles. The zero-order chi connectivity index (χ0) is 17.3. The minimum Gasteiger partial charge on any atom is -0.332 e. The minimum atomic E-state index is -4.45. The van der Waals surface area contributed by atoms with Crippen LogP contribution in [0.15, 0.2) is 24.5 Å². The summed E-state index contributed by atoms with van der Waals surface area (Å²) in [5.74, 6) is -0.106. The van der Waals surface area contributed by atoms with E-state index >= 15 is 0 Å². The van der Waals surface area contributed by atoms with Crippen molar-refractivity contribution >= 4 is 5.91 Å². The summed E-state index contributed by atoms with van der Waals surface area (Å²) in [5.41, 5.74) is -0.720. The van der Waals surface area contributed by atoms with Gasteiger partial charge in [-0.1, -0.05) is 5.21 Å². The third-order valence-electron chi connectivity index (χ3n) is 3.78. The third kappa shape index (κ3) is 3.23. The molecule has 1 amide bonds. The van der Waals surface area contributed by atoms with Gasteiger partial charge in [-0.05, 0) is 19.1 Å². The van der Waals surface area contributed by atoms with Crippen LogP contribution in [-0.2, 0) is 6.18 Å².